The molecule has 0 aliphatic carbocycles. The average molecular weight is 273 g/mol. The zero-order valence-corrected chi connectivity index (χ0v) is 14.3. The normalized spacial score (nSPS) is 15.6. The molecular formula is C16H35NO2. The third-order valence-corrected chi connectivity index (χ3v) is 3.65. The molecule has 0 saturated heterocycles. The van der Waals surface area contributed by atoms with E-state index < -0.39 is 5.72 Å². The summed E-state index contributed by atoms with van der Waals surface area (Å²) in [5.41, 5.74) is 5.31. The molecule has 0 aromatic carbocycles. The number of hydrogen-bond donors (Lipinski definition) is 1. The van der Waals surface area contributed by atoms with E-state index in [-0.39, 0.29) is 11.0 Å². The molecule has 0 aromatic heterocycles. The predicted molar refractivity (Wildman–Crippen MR) is 82.1 cm³/mol. The first kappa shape index (κ1) is 18.9. The smallest absolute Gasteiger partial charge is 0.111 e. The summed E-state index contributed by atoms with van der Waals surface area (Å²) < 4.78 is 11.8. The molecule has 0 spiro atoms. The second kappa shape index (κ2) is 7.05. The number of nitrogens with two attached hydrogens (primary N) is 1. The molecular weight excluding hydrogens is 238 g/mol. The molecule has 0 radical (unpaired) electrons. The maximum Gasteiger partial charge on any atom is 0.111 e. The Labute approximate surface area is 120 Å². The molecule has 2 N–H and O–H groups in total. The van der Waals surface area contributed by atoms with Crippen LogP contribution in [0.5, 0.6) is 0 Å². The molecule has 116 valence electrons. The Morgan fingerprint density at radius 3 is 1.95 bits per heavy atom. The van der Waals surface area contributed by atoms with Gasteiger partial charge in [0, 0.05) is 5.92 Å². The minimum atomic E-state index is -0.578. The lowest BCUT2D eigenvalue weighted by molar-refractivity contribution is -0.121. The highest BCUT2D eigenvalue weighted by atomic mass is 16.5. The van der Waals surface area contributed by atoms with Crippen molar-refractivity contribution in [3.05, 3.63) is 0 Å². The Kier molecular flexibility index (Phi) is 7.01. The van der Waals surface area contributed by atoms with Gasteiger partial charge in [-0.2, -0.15) is 0 Å². The molecule has 0 heterocycles. The Balaban J connectivity index is 4.29. The van der Waals surface area contributed by atoms with Crippen molar-refractivity contribution >= 4 is 0 Å². The Morgan fingerprint density at radius 1 is 1.00 bits per heavy atom. The van der Waals surface area contributed by atoms with Gasteiger partial charge in [0.25, 0.3) is 0 Å². The fourth-order valence-electron chi connectivity index (χ4n) is 1.81. The lowest BCUT2D eigenvalue weighted by atomic mass is 9.88. The van der Waals surface area contributed by atoms with E-state index in [1.54, 1.807) is 0 Å². The van der Waals surface area contributed by atoms with Gasteiger partial charge in [0.1, 0.15) is 5.72 Å². The van der Waals surface area contributed by atoms with Crippen molar-refractivity contribution in [3.8, 4) is 0 Å². The summed E-state index contributed by atoms with van der Waals surface area (Å²) in [6.07, 6.45) is 2.38. The zero-order valence-electron chi connectivity index (χ0n) is 14.3. The van der Waals surface area contributed by atoms with Crippen molar-refractivity contribution in [1.82, 2.24) is 0 Å². The van der Waals surface area contributed by atoms with Crippen LogP contribution in [0.15, 0.2) is 0 Å². The monoisotopic (exact) mass is 273 g/mol. The van der Waals surface area contributed by atoms with E-state index in [1.165, 1.54) is 12.8 Å². The van der Waals surface area contributed by atoms with Crippen LogP contribution in [0, 0.1) is 11.3 Å². The van der Waals surface area contributed by atoms with Crippen molar-refractivity contribution in [3.63, 3.8) is 0 Å². The van der Waals surface area contributed by atoms with Crippen LogP contribution in [-0.4, -0.2) is 24.5 Å². The van der Waals surface area contributed by atoms with E-state index in [9.17, 15) is 0 Å². The van der Waals surface area contributed by atoms with Crippen molar-refractivity contribution in [2.75, 3.05) is 13.2 Å². The molecule has 0 aliphatic rings. The Morgan fingerprint density at radius 2 is 1.53 bits per heavy atom. The van der Waals surface area contributed by atoms with Crippen LogP contribution in [-0.2, 0) is 9.47 Å². The van der Waals surface area contributed by atoms with Crippen LogP contribution in [0.2, 0.25) is 0 Å². The fraction of sp³-hybridized carbons (Fsp3) is 1.00. The second-order valence-corrected chi connectivity index (χ2v) is 7.62. The molecule has 0 saturated carbocycles. The third-order valence-electron chi connectivity index (χ3n) is 3.65. The van der Waals surface area contributed by atoms with Crippen molar-refractivity contribution < 1.29 is 9.47 Å². The van der Waals surface area contributed by atoms with E-state index in [1.807, 2.05) is 13.8 Å². The molecule has 0 rings (SSSR count). The van der Waals surface area contributed by atoms with Crippen molar-refractivity contribution in [2.45, 2.75) is 79.6 Å². The second-order valence-electron chi connectivity index (χ2n) is 7.62. The van der Waals surface area contributed by atoms with Crippen LogP contribution in [0.1, 0.15) is 68.2 Å². The van der Waals surface area contributed by atoms with Crippen LogP contribution >= 0.6 is 0 Å². The van der Waals surface area contributed by atoms with Gasteiger partial charge in [-0.3, -0.25) is 0 Å². The summed E-state index contributed by atoms with van der Waals surface area (Å²) in [6, 6.07) is 0. The van der Waals surface area contributed by atoms with Gasteiger partial charge < -0.3 is 15.2 Å². The van der Waals surface area contributed by atoms with Crippen LogP contribution < -0.4 is 5.73 Å². The molecule has 0 aliphatic heterocycles. The minimum absolute atomic E-state index is 0.198. The van der Waals surface area contributed by atoms with Gasteiger partial charge in [0.15, 0.2) is 0 Å². The van der Waals surface area contributed by atoms with Gasteiger partial charge in [-0.1, -0.05) is 34.1 Å². The first-order chi connectivity index (χ1) is 8.40. The van der Waals surface area contributed by atoms with Gasteiger partial charge in [0.2, 0.25) is 0 Å². The third kappa shape index (κ3) is 8.61. The van der Waals surface area contributed by atoms with Crippen molar-refractivity contribution in [1.29, 1.82) is 0 Å². The SMILES string of the molecule is CCCC(C)(C)COC(C)(C)C(C)COC(C)(C)N. The van der Waals surface area contributed by atoms with E-state index in [4.69, 9.17) is 15.2 Å². The highest BCUT2D eigenvalue weighted by Gasteiger charge is 2.30. The van der Waals surface area contributed by atoms with Crippen LogP contribution in [0.3, 0.4) is 0 Å². The minimum Gasteiger partial charge on any atom is -0.375 e. The van der Waals surface area contributed by atoms with Gasteiger partial charge in [-0.05, 0) is 39.5 Å². The molecule has 0 fully saturated rings. The van der Waals surface area contributed by atoms with Crippen LogP contribution in [0.25, 0.3) is 0 Å². The van der Waals surface area contributed by atoms with E-state index >= 15 is 0 Å². The molecule has 0 amide bonds. The highest BCUT2D eigenvalue weighted by Crippen LogP contribution is 2.28. The quantitative estimate of drug-likeness (QED) is 0.647. The van der Waals surface area contributed by atoms with Gasteiger partial charge in [0.05, 0.1) is 18.8 Å². The number of ether oxygens (including phenoxy) is 2. The predicted octanol–water partition coefficient (Wildman–Crippen LogP) is 3.96. The highest BCUT2D eigenvalue weighted by molar-refractivity contribution is 4.79. The van der Waals surface area contributed by atoms with E-state index in [2.05, 4.69) is 41.5 Å². The Bertz CT molecular complexity index is 254. The fourth-order valence-corrected chi connectivity index (χ4v) is 1.81. The van der Waals surface area contributed by atoms with Gasteiger partial charge in [-0.25, -0.2) is 0 Å². The summed E-state index contributed by atoms with van der Waals surface area (Å²) in [7, 11) is 0. The first-order valence-electron chi connectivity index (χ1n) is 7.46. The molecule has 1 unspecified atom stereocenters. The van der Waals surface area contributed by atoms with E-state index in [0.717, 1.165) is 6.61 Å². The lowest BCUT2D eigenvalue weighted by Gasteiger charge is -2.37. The summed E-state index contributed by atoms with van der Waals surface area (Å²) in [6.45, 7) is 18.3. The summed E-state index contributed by atoms with van der Waals surface area (Å²) in [4.78, 5) is 0. The number of rotatable bonds is 9. The van der Waals surface area contributed by atoms with Gasteiger partial charge >= 0.3 is 0 Å². The number of hydrogen-bond acceptors (Lipinski definition) is 3. The lowest BCUT2D eigenvalue weighted by Crippen LogP contribution is -2.42. The maximum atomic E-state index is 6.15. The van der Waals surface area contributed by atoms with Crippen LogP contribution in [0.4, 0.5) is 0 Å². The Hall–Kier alpha value is -0.120. The summed E-state index contributed by atoms with van der Waals surface area (Å²) in [5.74, 6) is 0.299. The standard InChI is InChI=1S/C16H35NO2/c1-9-10-14(3,4)12-19-15(5,6)13(2)11-18-16(7,8)17/h13H,9-12,17H2,1-8H3. The van der Waals surface area contributed by atoms with Gasteiger partial charge in [-0.15, -0.1) is 0 Å². The zero-order chi connectivity index (χ0) is 15.3. The summed E-state index contributed by atoms with van der Waals surface area (Å²) in [5, 5.41) is 0. The average Bonchev–Trinajstić information content (AvgIpc) is 2.22. The summed E-state index contributed by atoms with van der Waals surface area (Å²) >= 11 is 0. The topological polar surface area (TPSA) is 44.5 Å². The molecule has 0 aromatic rings. The van der Waals surface area contributed by atoms with E-state index in [0.29, 0.717) is 12.5 Å². The molecule has 1 atom stereocenters. The molecule has 3 heteroatoms. The maximum absolute atomic E-state index is 6.15. The first-order valence-corrected chi connectivity index (χ1v) is 7.46. The van der Waals surface area contributed by atoms with Crippen molar-refractivity contribution in [2.24, 2.45) is 17.1 Å². The molecule has 0 bridgehead atoms. The molecule has 19 heavy (non-hydrogen) atoms. The largest absolute Gasteiger partial charge is 0.375 e. The molecule has 3 nitrogen and oxygen atoms in total.